The Morgan fingerprint density at radius 1 is 1.35 bits per heavy atom. The minimum absolute atomic E-state index is 0.195. The molecule has 1 spiro atoms. The van der Waals surface area contributed by atoms with Gasteiger partial charge in [0, 0.05) is 56.8 Å². The lowest BCUT2D eigenvalue weighted by Gasteiger charge is -2.37. The molecular formula is C17H25N3O3. The van der Waals surface area contributed by atoms with Crippen LogP contribution in [0, 0.1) is 13.8 Å². The van der Waals surface area contributed by atoms with Gasteiger partial charge >= 0.3 is 6.09 Å². The molecule has 0 radical (unpaired) electrons. The number of aromatic nitrogens is 1. The topological polar surface area (TPSA) is 54.9 Å². The van der Waals surface area contributed by atoms with E-state index >= 15 is 0 Å². The van der Waals surface area contributed by atoms with Crippen LogP contribution in [-0.2, 0) is 11.3 Å². The average molecular weight is 319 g/mol. The molecule has 2 fully saturated rings. The molecule has 6 heteroatoms. The van der Waals surface area contributed by atoms with Crippen molar-refractivity contribution < 1.29 is 14.3 Å². The number of piperidine rings is 1. The third kappa shape index (κ3) is 3.00. The number of pyridine rings is 1. The molecule has 0 aliphatic carbocycles. The summed E-state index contributed by atoms with van der Waals surface area (Å²) in [5.74, 6) is 0.926. The molecule has 2 saturated heterocycles. The Hall–Kier alpha value is -1.82. The van der Waals surface area contributed by atoms with E-state index in [1.807, 2.05) is 13.1 Å². The number of aryl methyl sites for hydroxylation is 1. The van der Waals surface area contributed by atoms with Crippen molar-refractivity contribution in [2.75, 3.05) is 33.8 Å². The molecule has 6 nitrogen and oxygen atoms in total. The lowest BCUT2D eigenvalue weighted by atomic mass is 9.91. The van der Waals surface area contributed by atoms with Crippen LogP contribution in [0.4, 0.5) is 4.79 Å². The molecule has 1 amide bonds. The lowest BCUT2D eigenvalue weighted by Crippen LogP contribution is -2.46. The van der Waals surface area contributed by atoms with E-state index in [4.69, 9.17) is 9.47 Å². The molecule has 0 N–H and O–H groups in total. The third-order valence-corrected chi connectivity index (χ3v) is 5.03. The van der Waals surface area contributed by atoms with Crippen LogP contribution in [0.2, 0.25) is 0 Å². The molecule has 0 saturated carbocycles. The molecule has 3 rings (SSSR count). The van der Waals surface area contributed by atoms with Gasteiger partial charge in [-0.05, 0) is 13.8 Å². The Kier molecular flexibility index (Phi) is 4.19. The number of likely N-dealkylation sites (N-methyl/N-ethyl adjacent to an activating group) is 1. The maximum Gasteiger partial charge on any atom is 0.410 e. The molecule has 0 unspecified atom stereocenters. The SMILES string of the molecule is COc1c(C)cnc(CN2CCC3(CC2)CN(C)C(=O)O3)c1C. The predicted molar refractivity (Wildman–Crippen MR) is 86.6 cm³/mol. The van der Waals surface area contributed by atoms with Gasteiger partial charge in [-0.1, -0.05) is 0 Å². The average Bonchev–Trinajstić information content (AvgIpc) is 2.79. The number of methoxy groups -OCH3 is 1. The van der Waals surface area contributed by atoms with E-state index in [0.29, 0.717) is 6.54 Å². The number of nitrogens with zero attached hydrogens (tertiary/aromatic N) is 3. The van der Waals surface area contributed by atoms with Crippen LogP contribution in [0.1, 0.15) is 29.7 Å². The molecule has 126 valence electrons. The molecule has 2 aliphatic heterocycles. The van der Waals surface area contributed by atoms with E-state index < -0.39 is 0 Å². The number of carbonyl (C=O) groups excluding carboxylic acids is 1. The van der Waals surface area contributed by atoms with Crippen molar-refractivity contribution in [3.05, 3.63) is 23.0 Å². The van der Waals surface area contributed by atoms with Gasteiger partial charge in [-0.25, -0.2) is 4.79 Å². The number of hydrogen-bond acceptors (Lipinski definition) is 5. The second kappa shape index (κ2) is 6.00. The van der Waals surface area contributed by atoms with Crippen molar-refractivity contribution >= 4 is 6.09 Å². The number of hydrogen-bond donors (Lipinski definition) is 0. The molecule has 0 bridgehead atoms. The smallest absolute Gasteiger partial charge is 0.410 e. The summed E-state index contributed by atoms with van der Waals surface area (Å²) in [5, 5.41) is 0. The molecule has 3 heterocycles. The summed E-state index contributed by atoms with van der Waals surface area (Å²) < 4.78 is 11.1. The first-order chi connectivity index (χ1) is 10.9. The summed E-state index contributed by atoms with van der Waals surface area (Å²) in [6, 6.07) is 0. The highest BCUT2D eigenvalue weighted by Crippen LogP contribution is 2.33. The highest BCUT2D eigenvalue weighted by atomic mass is 16.6. The van der Waals surface area contributed by atoms with E-state index in [9.17, 15) is 4.79 Å². The summed E-state index contributed by atoms with van der Waals surface area (Å²) in [4.78, 5) is 20.3. The zero-order valence-corrected chi connectivity index (χ0v) is 14.4. The number of likely N-dealkylation sites (tertiary alicyclic amines) is 1. The van der Waals surface area contributed by atoms with Crippen molar-refractivity contribution in [2.24, 2.45) is 0 Å². The van der Waals surface area contributed by atoms with Crippen LogP contribution in [0.5, 0.6) is 5.75 Å². The quantitative estimate of drug-likeness (QED) is 0.854. The summed E-state index contributed by atoms with van der Waals surface area (Å²) in [6.45, 7) is 7.42. The second-order valence-corrected chi connectivity index (χ2v) is 6.73. The van der Waals surface area contributed by atoms with Gasteiger partial charge < -0.3 is 14.4 Å². The Bertz CT molecular complexity index is 609. The van der Waals surface area contributed by atoms with E-state index in [2.05, 4.69) is 16.8 Å². The largest absolute Gasteiger partial charge is 0.496 e. The fraction of sp³-hybridized carbons (Fsp3) is 0.647. The maximum absolute atomic E-state index is 11.6. The number of carbonyl (C=O) groups is 1. The summed E-state index contributed by atoms with van der Waals surface area (Å²) in [5.41, 5.74) is 2.95. The van der Waals surface area contributed by atoms with Gasteiger partial charge in [0.05, 0.1) is 19.3 Å². The first-order valence-corrected chi connectivity index (χ1v) is 8.10. The van der Waals surface area contributed by atoms with E-state index in [1.165, 1.54) is 0 Å². The molecular weight excluding hydrogens is 294 g/mol. The Morgan fingerprint density at radius 3 is 2.61 bits per heavy atom. The predicted octanol–water partition coefficient (Wildman–Crippen LogP) is 2.12. The van der Waals surface area contributed by atoms with Crippen molar-refractivity contribution in [1.29, 1.82) is 0 Å². The molecule has 1 aromatic heterocycles. The summed E-state index contributed by atoms with van der Waals surface area (Å²) >= 11 is 0. The molecule has 0 aromatic carbocycles. The summed E-state index contributed by atoms with van der Waals surface area (Å²) in [6.07, 6.45) is 3.44. The zero-order valence-electron chi connectivity index (χ0n) is 14.4. The number of amides is 1. The number of rotatable bonds is 3. The molecule has 2 aliphatic rings. The van der Waals surface area contributed by atoms with Gasteiger partial charge in [-0.2, -0.15) is 0 Å². The monoisotopic (exact) mass is 319 g/mol. The summed E-state index contributed by atoms with van der Waals surface area (Å²) in [7, 11) is 3.50. The van der Waals surface area contributed by atoms with E-state index in [0.717, 1.165) is 55.0 Å². The van der Waals surface area contributed by atoms with Crippen LogP contribution >= 0.6 is 0 Å². The first-order valence-electron chi connectivity index (χ1n) is 8.10. The van der Waals surface area contributed by atoms with Crippen LogP contribution in [0.3, 0.4) is 0 Å². The fourth-order valence-electron chi connectivity index (χ4n) is 3.61. The number of ether oxygens (including phenoxy) is 2. The molecule has 1 aromatic rings. The minimum Gasteiger partial charge on any atom is -0.496 e. The van der Waals surface area contributed by atoms with Crippen molar-refractivity contribution in [1.82, 2.24) is 14.8 Å². The van der Waals surface area contributed by atoms with Gasteiger partial charge in [0.15, 0.2) is 0 Å². The Balaban J connectivity index is 1.65. The van der Waals surface area contributed by atoms with Crippen LogP contribution in [0.15, 0.2) is 6.20 Å². The lowest BCUT2D eigenvalue weighted by molar-refractivity contribution is -0.00151. The second-order valence-electron chi connectivity index (χ2n) is 6.73. The third-order valence-electron chi connectivity index (χ3n) is 5.03. The van der Waals surface area contributed by atoms with Crippen LogP contribution in [-0.4, -0.2) is 60.3 Å². The van der Waals surface area contributed by atoms with E-state index in [-0.39, 0.29) is 11.7 Å². The Labute approximate surface area is 137 Å². The van der Waals surface area contributed by atoms with Crippen molar-refractivity contribution in [2.45, 2.75) is 38.8 Å². The van der Waals surface area contributed by atoms with Crippen molar-refractivity contribution in [3.63, 3.8) is 0 Å². The van der Waals surface area contributed by atoms with E-state index in [1.54, 1.807) is 19.1 Å². The Morgan fingerprint density at radius 2 is 2.04 bits per heavy atom. The molecule has 0 atom stereocenters. The van der Waals surface area contributed by atoms with Crippen LogP contribution in [0.25, 0.3) is 0 Å². The standard InChI is InChI=1S/C17H25N3O3/c1-12-9-18-14(13(2)15(12)22-4)10-20-7-5-17(6-8-20)11-19(3)16(21)23-17/h9H,5-8,10-11H2,1-4H3. The minimum atomic E-state index is -0.282. The van der Waals surface area contributed by atoms with Crippen molar-refractivity contribution in [3.8, 4) is 5.75 Å². The highest BCUT2D eigenvalue weighted by Gasteiger charge is 2.45. The van der Waals surface area contributed by atoms with Crippen LogP contribution < -0.4 is 4.74 Å². The van der Waals surface area contributed by atoms with Gasteiger partial charge in [-0.15, -0.1) is 0 Å². The fourth-order valence-corrected chi connectivity index (χ4v) is 3.61. The normalized spacial score (nSPS) is 20.9. The van der Waals surface area contributed by atoms with Gasteiger partial charge in [-0.3, -0.25) is 9.88 Å². The van der Waals surface area contributed by atoms with Gasteiger partial charge in [0.2, 0.25) is 0 Å². The van der Waals surface area contributed by atoms with Gasteiger partial charge in [0.25, 0.3) is 0 Å². The maximum atomic E-state index is 11.6. The first kappa shape index (κ1) is 16.1. The van der Waals surface area contributed by atoms with Gasteiger partial charge in [0.1, 0.15) is 11.4 Å². The highest BCUT2D eigenvalue weighted by molar-refractivity contribution is 5.70. The molecule has 23 heavy (non-hydrogen) atoms. The zero-order chi connectivity index (χ0) is 16.6.